The zero-order chi connectivity index (χ0) is 19.2. The molecule has 1 saturated heterocycles. The van der Waals surface area contributed by atoms with E-state index >= 15 is 0 Å². The Hall–Kier alpha value is -3.34. The summed E-state index contributed by atoms with van der Waals surface area (Å²) in [6.45, 7) is 1.00. The first-order valence-corrected chi connectivity index (χ1v) is 9.55. The van der Waals surface area contributed by atoms with Gasteiger partial charge in [0, 0.05) is 18.4 Å². The van der Waals surface area contributed by atoms with E-state index in [0.717, 1.165) is 35.5 Å². The highest BCUT2D eigenvalue weighted by molar-refractivity contribution is 5.69. The van der Waals surface area contributed by atoms with Crippen LogP contribution in [0.15, 0.2) is 79.0 Å². The average Bonchev–Trinajstić information content (AvgIpc) is 3.24. The molecule has 0 radical (unpaired) electrons. The number of para-hydroxylation sites is 1. The molecule has 0 unspecified atom stereocenters. The van der Waals surface area contributed by atoms with Crippen molar-refractivity contribution >= 4 is 17.6 Å². The maximum absolute atomic E-state index is 12.6. The molecule has 1 aromatic heterocycles. The number of pyridine rings is 1. The number of rotatable bonds is 5. The van der Waals surface area contributed by atoms with E-state index in [2.05, 4.69) is 10.3 Å². The van der Waals surface area contributed by atoms with E-state index in [-0.39, 0.29) is 12.1 Å². The van der Waals surface area contributed by atoms with Crippen molar-refractivity contribution in [1.29, 1.82) is 0 Å². The van der Waals surface area contributed by atoms with Crippen LogP contribution in [-0.4, -0.2) is 22.5 Å². The zero-order valence-corrected chi connectivity index (χ0v) is 15.6. The summed E-state index contributed by atoms with van der Waals surface area (Å²) in [5.74, 6) is 0.783. The van der Waals surface area contributed by atoms with Gasteiger partial charge in [0.25, 0.3) is 0 Å². The van der Waals surface area contributed by atoms with Gasteiger partial charge in [0.2, 0.25) is 0 Å². The third-order valence-electron chi connectivity index (χ3n) is 4.91. The van der Waals surface area contributed by atoms with Crippen molar-refractivity contribution in [2.24, 2.45) is 0 Å². The van der Waals surface area contributed by atoms with Crippen LogP contribution in [0.2, 0.25) is 0 Å². The van der Waals surface area contributed by atoms with Gasteiger partial charge in [-0.05, 0) is 42.2 Å². The number of anilines is 2. The van der Waals surface area contributed by atoms with Crippen molar-refractivity contribution in [1.82, 2.24) is 9.88 Å². The number of hydrogen-bond acceptors (Lipinski definition) is 4. The quantitative estimate of drug-likeness (QED) is 0.659. The van der Waals surface area contributed by atoms with E-state index in [1.807, 2.05) is 83.9 Å². The Morgan fingerprint density at radius 1 is 1.04 bits per heavy atom. The largest absolute Gasteiger partial charge is 0.445 e. The first-order chi connectivity index (χ1) is 13.8. The first-order valence-electron chi connectivity index (χ1n) is 9.55. The van der Waals surface area contributed by atoms with E-state index in [1.54, 1.807) is 0 Å². The summed E-state index contributed by atoms with van der Waals surface area (Å²) in [4.78, 5) is 18.9. The van der Waals surface area contributed by atoms with Gasteiger partial charge in [0.05, 0.1) is 6.04 Å². The van der Waals surface area contributed by atoms with E-state index < -0.39 is 0 Å². The molecule has 142 valence electrons. The van der Waals surface area contributed by atoms with Crippen LogP contribution >= 0.6 is 0 Å². The number of hydrogen-bond donors (Lipinski definition) is 1. The van der Waals surface area contributed by atoms with Crippen LogP contribution in [0.4, 0.5) is 16.3 Å². The van der Waals surface area contributed by atoms with Crippen LogP contribution in [-0.2, 0) is 11.3 Å². The van der Waals surface area contributed by atoms with Crippen molar-refractivity contribution in [3.8, 4) is 0 Å². The number of benzene rings is 2. The lowest BCUT2D eigenvalue weighted by molar-refractivity contribution is 0.0920. The van der Waals surface area contributed by atoms with Gasteiger partial charge in [0.1, 0.15) is 12.4 Å². The van der Waals surface area contributed by atoms with Crippen LogP contribution < -0.4 is 5.32 Å². The van der Waals surface area contributed by atoms with Gasteiger partial charge in [-0.25, -0.2) is 9.78 Å². The van der Waals surface area contributed by atoms with Gasteiger partial charge >= 0.3 is 6.09 Å². The highest BCUT2D eigenvalue weighted by Crippen LogP contribution is 2.32. The van der Waals surface area contributed by atoms with Gasteiger partial charge in [0.15, 0.2) is 0 Å². The fourth-order valence-corrected chi connectivity index (χ4v) is 3.48. The molecule has 2 aromatic carbocycles. The third kappa shape index (κ3) is 4.31. The molecular formula is C23H23N3O2. The summed E-state index contributed by atoms with van der Waals surface area (Å²) in [7, 11) is 0. The van der Waals surface area contributed by atoms with Crippen LogP contribution in [0.5, 0.6) is 0 Å². The number of ether oxygens (including phenoxy) is 1. The number of nitrogens with zero attached hydrogens (tertiary/aromatic N) is 2. The molecule has 2 heterocycles. The van der Waals surface area contributed by atoms with E-state index in [4.69, 9.17) is 4.74 Å². The summed E-state index contributed by atoms with van der Waals surface area (Å²) in [6, 6.07) is 23.7. The van der Waals surface area contributed by atoms with Gasteiger partial charge < -0.3 is 15.0 Å². The lowest BCUT2D eigenvalue weighted by Crippen LogP contribution is -2.31. The topological polar surface area (TPSA) is 54.5 Å². The predicted molar refractivity (Wildman–Crippen MR) is 109 cm³/mol. The minimum absolute atomic E-state index is 0.0153. The number of likely N-dealkylation sites (tertiary alicyclic amines) is 1. The number of amides is 1. The van der Waals surface area contributed by atoms with Crippen LogP contribution in [0.3, 0.4) is 0 Å². The molecule has 1 aliphatic rings. The summed E-state index contributed by atoms with van der Waals surface area (Å²) >= 11 is 0. The molecule has 0 bridgehead atoms. The molecule has 28 heavy (non-hydrogen) atoms. The smallest absolute Gasteiger partial charge is 0.410 e. The normalized spacial score (nSPS) is 16.0. The molecule has 1 amide bonds. The average molecular weight is 373 g/mol. The summed E-state index contributed by atoms with van der Waals surface area (Å²) < 4.78 is 5.52. The number of nitrogens with one attached hydrogen (secondary N) is 1. The van der Waals surface area contributed by atoms with Crippen LogP contribution in [0.1, 0.15) is 30.0 Å². The minimum atomic E-state index is -0.266. The van der Waals surface area contributed by atoms with Crippen molar-refractivity contribution in [2.75, 3.05) is 11.9 Å². The van der Waals surface area contributed by atoms with Gasteiger partial charge in [-0.15, -0.1) is 0 Å². The van der Waals surface area contributed by atoms with E-state index in [0.29, 0.717) is 13.2 Å². The summed E-state index contributed by atoms with van der Waals surface area (Å²) in [5.41, 5.74) is 3.02. The molecule has 1 fully saturated rings. The standard InChI is InChI=1S/C23H23N3O2/c27-23(28-17-18-8-3-1-4-9-18)26-15-7-12-21(26)19-13-14-22(24-16-19)25-20-10-5-2-6-11-20/h1-6,8-11,13-14,16,21H,7,12,15,17H2,(H,24,25)/t21-/m1/s1. The lowest BCUT2D eigenvalue weighted by Gasteiger charge is -2.24. The Kier molecular flexibility index (Phi) is 5.52. The number of carbonyl (C=O) groups excluding carboxylic acids is 1. The highest BCUT2D eigenvalue weighted by atomic mass is 16.6. The van der Waals surface area contributed by atoms with Gasteiger partial charge in [-0.2, -0.15) is 0 Å². The third-order valence-corrected chi connectivity index (χ3v) is 4.91. The molecule has 5 nitrogen and oxygen atoms in total. The van der Waals surface area contributed by atoms with Gasteiger partial charge in [-0.3, -0.25) is 0 Å². The SMILES string of the molecule is O=C(OCc1ccccc1)N1CCC[C@@H]1c1ccc(Nc2ccccc2)nc1. The van der Waals surface area contributed by atoms with Gasteiger partial charge in [-0.1, -0.05) is 54.6 Å². The monoisotopic (exact) mass is 373 g/mol. The number of carbonyl (C=O) groups is 1. The Labute approximate surface area is 165 Å². The molecule has 5 heteroatoms. The summed E-state index contributed by atoms with van der Waals surface area (Å²) in [5, 5.41) is 3.28. The molecule has 1 aliphatic heterocycles. The fourth-order valence-electron chi connectivity index (χ4n) is 3.48. The Morgan fingerprint density at radius 2 is 1.79 bits per heavy atom. The maximum Gasteiger partial charge on any atom is 0.410 e. The zero-order valence-electron chi connectivity index (χ0n) is 15.6. The van der Waals surface area contributed by atoms with Crippen molar-refractivity contribution in [2.45, 2.75) is 25.5 Å². The molecular weight excluding hydrogens is 350 g/mol. The van der Waals surface area contributed by atoms with Crippen LogP contribution in [0, 0.1) is 0 Å². The Balaban J connectivity index is 1.39. The van der Waals surface area contributed by atoms with E-state index in [1.165, 1.54) is 0 Å². The fraction of sp³-hybridized carbons (Fsp3) is 0.217. The maximum atomic E-state index is 12.6. The predicted octanol–water partition coefficient (Wildman–Crippen LogP) is 5.30. The van der Waals surface area contributed by atoms with E-state index in [9.17, 15) is 4.79 Å². The summed E-state index contributed by atoms with van der Waals surface area (Å²) in [6.07, 6.45) is 3.47. The lowest BCUT2D eigenvalue weighted by atomic mass is 10.1. The first kappa shape index (κ1) is 18.0. The number of aromatic nitrogens is 1. The highest BCUT2D eigenvalue weighted by Gasteiger charge is 2.31. The molecule has 0 spiro atoms. The molecule has 0 saturated carbocycles. The molecule has 1 N–H and O–H groups in total. The van der Waals surface area contributed by atoms with Crippen molar-refractivity contribution < 1.29 is 9.53 Å². The van der Waals surface area contributed by atoms with Crippen molar-refractivity contribution in [3.63, 3.8) is 0 Å². The molecule has 1 atom stereocenters. The molecule has 4 rings (SSSR count). The Bertz CT molecular complexity index is 898. The van der Waals surface area contributed by atoms with Crippen molar-refractivity contribution in [3.05, 3.63) is 90.1 Å². The minimum Gasteiger partial charge on any atom is -0.445 e. The Morgan fingerprint density at radius 3 is 2.50 bits per heavy atom. The second-order valence-corrected chi connectivity index (χ2v) is 6.86. The second-order valence-electron chi connectivity index (χ2n) is 6.86. The molecule has 3 aromatic rings. The molecule has 0 aliphatic carbocycles. The second kappa shape index (κ2) is 8.57. The van der Waals surface area contributed by atoms with Crippen LogP contribution in [0.25, 0.3) is 0 Å².